The molecule has 68 heavy (non-hydrogen) atoms. The summed E-state index contributed by atoms with van der Waals surface area (Å²) in [6.07, 6.45) is 3.46. The molecule has 2 heterocycles. The number of ketones is 1. The molecule has 0 spiro atoms. The average Bonchev–Trinajstić information content (AvgIpc) is 3.24. The summed E-state index contributed by atoms with van der Waals surface area (Å²) < 4.78 is 20.7. The fraction of sp³-hybridized carbons (Fsp3) is 0.528. The van der Waals surface area contributed by atoms with Gasteiger partial charge < -0.3 is 24.1 Å². The topological polar surface area (TPSA) is 172 Å². The smallest absolute Gasteiger partial charge is 0.467 e. The van der Waals surface area contributed by atoms with Gasteiger partial charge in [-0.3, -0.25) is 14.6 Å². The summed E-state index contributed by atoms with van der Waals surface area (Å²) in [5.41, 5.74) is -1.45. The molecule has 2 aliphatic rings. The monoisotopic (exact) mass is 988 g/mol. The zero-order chi connectivity index (χ0) is 51.0. The van der Waals surface area contributed by atoms with Gasteiger partial charge in [-0.25, -0.2) is 19.2 Å². The number of esters is 2. The predicted molar refractivity (Wildman–Crippen MR) is 266 cm³/mol. The molecule has 3 aromatic carbocycles. The van der Waals surface area contributed by atoms with Crippen LogP contribution in [0.5, 0.6) is 0 Å². The van der Waals surface area contributed by atoms with E-state index in [1.165, 1.54) is 12.0 Å². The number of nitrogens with zero attached hydrogens (tertiary/aromatic N) is 2. The number of methoxy groups -OCH3 is 1. The molecule has 0 aromatic heterocycles. The van der Waals surface area contributed by atoms with Gasteiger partial charge in [0.25, 0.3) is 0 Å². The number of piperidine rings is 2. The second-order valence-electron chi connectivity index (χ2n) is 20.6. The summed E-state index contributed by atoms with van der Waals surface area (Å²) in [5, 5.41) is 13.2. The van der Waals surface area contributed by atoms with E-state index in [9.17, 15) is 34.0 Å². The maximum atomic E-state index is 12.4. The number of hydrogen-bond acceptors (Lipinski definition) is 11. The van der Waals surface area contributed by atoms with E-state index in [4.69, 9.17) is 14.2 Å². The molecule has 5 rings (SSSR count). The van der Waals surface area contributed by atoms with Crippen molar-refractivity contribution in [3.05, 3.63) is 103 Å². The Morgan fingerprint density at radius 3 is 1.29 bits per heavy atom. The van der Waals surface area contributed by atoms with Crippen molar-refractivity contribution in [2.75, 3.05) is 26.4 Å². The van der Waals surface area contributed by atoms with Crippen LogP contribution in [0.2, 0.25) is 0 Å². The SMILES string of the molecule is CC(C)(C)[O-].CC=C1CC[C@@H](C(=O)OC(C)(C)C)N(C(=O)OC(C)(C)C)C1.CCP(O)(c1ccccc1)(c1ccccc1)c1ccccc1.COC(=O)[C@@H]1CCC(=O)CN1C(=O)OC(C)(C)C.[K+]. The normalized spacial score (nSPS) is 17.6. The molecule has 2 fully saturated rings. The maximum Gasteiger partial charge on any atom is 1.00 e. The van der Waals surface area contributed by atoms with Crippen LogP contribution < -0.4 is 72.4 Å². The molecule has 2 saturated heterocycles. The number of likely N-dealkylation sites (tertiary alicyclic amines) is 2. The minimum absolute atomic E-state index is 0. The van der Waals surface area contributed by atoms with Gasteiger partial charge in [0.05, 0.1) is 13.7 Å². The van der Waals surface area contributed by atoms with Crippen LogP contribution in [0.15, 0.2) is 103 Å². The van der Waals surface area contributed by atoms with E-state index in [0.717, 1.165) is 32.8 Å². The Balaban J connectivity index is 0.000000484. The third kappa shape index (κ3) is 19.7. The van der Waals surface area contributed by atoms with Gasteiger partial charge in [-0.05, 0) is 88.5 Å². The van der Waals surface area contributed by atoms with Crippen LogP contribution in [0.25, 0.3) is 0 Å². The average molecular weight is 989 g/mol. The number of carbonyl (C=O) groups is 5. The molecule has 372 valence electrons. The first-order valence-corrected chi connectivity index (χ1v) is 25.3. The molecule has 2 aliphatic heterocycles. The van der Waals surface area contributed by atoms with Crippen LogP contribution in [0.1, 0.15) is 123 Å². The molecular weight excluding hydrogens is 911 g/mol. The summed E-state index contributed by atoms with van der Waals surface area (Å²) in [4.78, 5) is 74.7. The summed E-state index contributed by atoms with van der Waals surface area (Å²) >= 11 is 0. The van der Waals surface area contributed by atoms with E-state index in [1.54, 1.807) is 41.5 Å². The van der Waals surface area contributed by atoms with Gasteiger partial charge in [0.1, 0.15) is 28.9 Å². The van der Waals surface area contributed by atoms with Crippen molar-refractivity contribution < 1.29 is 104 Å². The zero-order valence-corrected chi connectivity index (χ0v) is 47.7. The number of rotatable bonds is 6. The molecule has 2 amide bonds. The van der Waals surface area contributed by atoms with Gasteiger partial charge in [-0.1, -0.05) is 32.4 Å². The van der Waals surface area contributed by atoms with Gasteiger partial charge in [-0.2, -0.15) is 0 Å². The third-order valence-electron chi connectivity index (χ3n) is 10.3. The van der Waals surface area contributed by atoms with Crippen LogP contribution in [-0.4, -0.2) is 105 Å². The Bertz CT molecular complexity index is 2000. The summed E-state index contributed by atoms with van der Waals surface area (Å²) in [6, 6.07) is 29.1. The van der Waals surface area contributed by atoms with Crippen molar-refractivity contribution >= 4 is 52.7 Å². The van der Waals surface area contributed by atoms with E-state index < -0.39 is 59.5 Å². The molecular formula is C53H78KN2O11P. The second kappa shape index (κ2) is 26.7. The van der Waals surface area contributed by atoms with E-state index in [1.807, 2.05) is 109 Å². The first-order valence-electron chi connectivity index (χ1n) is 23.0. The number of Topliss-reactive ketones (excluding diaryl/α,β-unsaturated/α-hetero) is 1. The minimum atomic E-state index is -3.40. The zero-order valence-electron chi connectivity index (χ0n) is 43.7. The van der Waals surface area contributed by atoms with Gasteiger partial charge in [0.15, 0.2) is 5.78 Å². The van der Waals surface area contributed by atoms with Gasteiger partial charge in [0, 0.05) is 13.0 Å². The molecule has 0 radical (unpaired) electrons. The second-order valence-corrected chi connectivity index (χ2v) is 25.2. The van der Waals surface area contributed by atoms with Crippen LogP contribution in [0, 0.1) is 0 Å². The van der Waals surface area contributed by atoms with Crippen molar-refractivity contribution in [3.8, 4) is 0 Å². The third-order valence-corrected chi connectivity index (χ3v) is 15.7. The molecule has 0 saturated carbocycles. The van der Waals surface area contributed by atoms with Crippen molar-refractivity contribution in [1.29, 1.82) is 0 Å². The Hall–Kier alpha value is -3.46. The Morgan fingerprint density at radius 1 is 0.632 bits per heavy atom. The van der Waals surface area contributed by atoms with Crippen molar-refractivity contribution in [2.45, 2.75) is 157 Å². The van der Waals surface area contributed by atoms with Crippen LogP contribution in [-0.2, 0) is 33.3 Å². The first-order chi connectivity index (χ1) is 30.9. The fourth-order valence-electron chi connectivity index (χ4n) is 7.22. The summed E-state index contributed by atoms with van der Waals surface area (Å²) in [7, 11) is 1.26. The predicted octanol–water partition coefficient (Wildman–Crippen LogP) is 5.39. The molecule has 0 unspecified atom stereocenters. The van der Waals surface area contributed by atoms with Gasteiger partial charge >= 0.3 is 207 Å². The molecule has 13 nitrogen and oxygen atoms in total. The van der Waals surface area contributed by atoms with E-state index in [0.29, 0.717) is 19.1 Å². The number of amides is 2. The Labute approximate surface area is 449 Å². The largest absolute Gasteiger partial charge is 1.00 e. The molecule has 3 aromatic rings. The molecule has 1 N–H and O–H groups in total. The Kier molecular flexibility index (Phi) is 24.5. The number of benzene rings is 3. The van der Waals surface area contributed by atoms with Crippen molar-refractivity contribution in [1.82, 2.24) is 9.80 Å². The van der Waals surface area contributed by atoms with E-state index >= 15 is 0 Å². The minimum Gasteiger partial charge on any atom is -0.467 e. The standard InChI is InChI=1S/C20H21OP.C17H29NO4.C12H19NO5.C4H9O.K/c1-2-22(21,18-12-6-3-7-13-18,19-14-8-4-9-15-19)20-16-10-5-11-17-20;1-8-12-9-10-13(14(19)21-16(2,3)4)18(11-12)15(20)22-17(5,6)7;1-12(2,3)18-11(16)13-7-8(14)5-6-9(13)10(15)17-4;1-4(2,3)5;/h3-17,21H,2H2,1H3;8,13H,9-11H2,1-7H3;9H,5-7H2,1-4H3;1-3H3;/q;;;-1;+1/t;13-;9-;;/m.00../s1. The van der Waals surface area contributed by atoms with E-state index in [2.05, 4.69) is 48.1 Å². The molecule has 0 bridgehead atoms. The summed E-state index contributed by atoms with van der Waals surface area (Å²) in [5.74, 6) is -0.970. The molecule has 15 heteroatoms. The van der Waals surface area contributed by atoms with Crippen LogP contribution >= 0.6 is 6.83 Å². The van der Waals surface area contributed by atoms with Crippen LogP contribution in [0.3, 0.4) is 0 Å². The number of carbonyl (C=O) groups excluding carboxylic acids is 5. The quantitative estimate of drug-likeness (QED) is 0.110. The summed E-state index contributed by atoms with van der Waals surface area (Å²) in [6.45, 7) is 21.9. The molecule has 2 atom stereocenters. The Morgan fingerprint density at radius 2 is 0.971 bits per heavy atom. The van der Waals surface area contributed by atoms with Gasteiger partial charge in [0.2, 0.25) is 0 Å². The van der Waals surface area contributed by atoms with Crippen molar-refractivity contribution in [2.24, 2.45) is 0 Å². The van der Waals surface area contributed by atoms with Crippen molar-refractivity contribution in [3.63, 3.8) is 0 Å². The number of allylic oxidation sites excluding steroid dienone is 1. The molecule has 0 aliphatic carbocycles. The maximum absolute atomic E-state index is 12.4. The number of ether oxygens (including phenoxy) is 4. The van der Waals surface area contributed by atoms with E-state index in [-0.39, 0.29) is 82.5 Å². The van der Waals surface area contributed by atoms with Gasteiger partial charge in [-0.15, -0.1) is 5.60 Å². The first kappa shape index (κ1) is 62.6. The fourth-order valence-corrected chi connectivity index (χ4v) is 11.7. The van der Waals surface area contributed by atoms with Crippen LogP contribution in [0.4, 0.5) is 9.59 Å². The number of hydrogen-bond donors (Lipinski definition) is 1.